The zero-order valence-corrected chi connectivity index (χ0v) is 10.7. The average Bonchev–Trinajstić information content (AvgIpc) is 2.36. The molecule has 1 aromatic rings. The van der Waals surface area contributed by atoms with E-state index in [-0.39, 0.29) is 11.8 Å². The van der Waals surface area contributed by atoms with Crippen molar-refractivity contribution in [2.45, 2.75) is 38.6 Å². The topological polar surface area (TPSA) is 66.4 Å². The highest BCUT2D eigenvalue weighted by molar-refractivity contribution is 5.87. The molecule has 0 radical (unpaired) electrons. The summed E-state index contributed by atoms with van der Waals surface area (Å²) in [6, 6.07) is 8.58. The van der Waals surface area contributed by atoms with Crippen molar-refractivity contribution < 1.29 is 14.7 Å². The minimum Gasteiger partial charge on any atom is -0.480 e. The fourth-order valence-corrected chi connectivity index (χ4v) is 1.80. The number of hydrogen-bond donors (Lipinski definition) is 2. The first-order valence-corrected chi connectivity index (χ1v) is 6.14. The summed E-state index contributed by atoms with van der Waals surface area (Å²) in [5, 5.41) is 11.3. The van der Waals surface area contributed by atoms with Crippen LogP contribution in [0.5, 0.6) is 0 Å². The maximum atomic E-state index is 12.1. The summed E-state index contributed by atoms with van der Waals surface area (Å²) in [4.78, 5) is 22.8. The second kappa shape index (κ2) is 6.79. The number of hydrogen-bond acceptors (Lipinski definition) is 2. The predicted octanol–water partition coefficient (Wildman–Crippen LogP) is 2.16. The molecule has 2 N–H and O–H groups in total. The minimum atomic E-state index is -1.02. The molecular formula is C14H19NO3. The molecule has 4 heteroatoms. The summed E-state index contributed by atoms with van der Waals surface area (Å²) in [5.41, 5.74) is 0.925. The maximum absolute atomic E-state index is 12.1. The van der Waals surface area contributed by atoms with Crippen molar-refractivity contribution in [3.8, 4) is 0 Å². The van der Waals surface area contributed by atoms with Crippen LogP contribution in [0.4, 0.5) is 0 Å². The number of carboxylic acids is 1. The fourth-order valence-electron chi connectivity index (χ4n) is 1.80. The van der Waals surface area contributed by atoms with Crippen LogP contribution in [0.1, 0.15) is 38.2 Å². The SMILES string of the molecule is CCCC(C(=O)NC(C)C(=O)O)c1ccccc1. The third kappa shape index (κ3) is 3.87. The Kier molecular flexibility index (Phi) is 5.36. The van der Waals surface area contributed by atoms with Crippen LogP contribution in [0.25, 0.3) is 0 Å². The summed E-state index contributed by atoms with van der Waals surface area (Å²) in [5.74, 6) is -1.53. The Balaban J connectivity index is 2.79. The van der Waals surface area contributed by atoms with Gasteiger partial charge in [0.1, 0.15) is 6.04 Å². The first-order valence-electron chi connectivity index (χ1n) is 6.14. The summed E-state index contributed by atoms with van der Waals surface area (Å²) >= 11 is 0. The molecule has 4 nitrogen and oxygen atoms in total. The second-order valence-electron chi connectivity index (χ2n) is 4.32. The van der Waals surface area contributed by atoms with Gasteiger partial charge >= 0.3 is 5.97 Å². The van der Waals surface area contributed by atoms with Gasteiger partial charge in [-0.15, -0.1) is 0 Å². The summed E-state index contributed by atoms with van der Waals surface area (Å²) in [7, 11) is 0. The Labute approximate surface area is 107 Å². The number of amides is 1. The van der Waals surface area contributed by atoms with E-state index in [0.29, 0.717) is 6.42 Å². The Hall–Kier alpha value is -1.84. The van der Waals surface area contributed by atoms with E-state index in [1.54, 1.807) is 0 Å². The van der Waals surface area contributed by atoms with Crippen LogP contribution < -0.4 is 5.32 Å². The summed E-state index contributed by atoms with van der Waals surface area (Å²) in [6.07, 6.45) is 1.58. The summed E-state index contributed by atoms with van der Waals surface area (Å²) < 4.78 is 0. The second-order valence-corrected chi connectivity index (χ2v) is 4.32. The maximum Gasteiger partial charge on any atom is 0.325 e. The van der Waals surface area contributed by atoms with Crippen molar-refractivity contribution in [2.24, 2.45) is 0 Å². The molecule has 1 aromatic carbocycles. The quantitative estimate of drug-likeness (QED) is 0.812. The van der Waals surface area contributed by atoms with Gasteiger partial charge in [0.15, 0.2) is 0 Å². The van der Waals surface area contributed by atoms with Crippen LogP contribution in [-0.2, 0) is 9.59 Å². The van der Waals surface area contributed by atoms with Gasteiger partial charge in [0.05, 0.1) is 5.92 Å². The number of carbonyl (C=O) groups excluding carboxylic acids is 1. The fraction of sp³-hybridized carbons (Fsp3) is 0.429. The van der Waals surface area contributed by atoms with Crippen molar-refractivity contribution in [1.82, 2.24) is 5.32 Å². The molecule has 1 amide bonds. The van der Waals surface area contributed by atoms with Gasteiger partial charge in [-0.2, -0.15) is 0 Å². The zero-order chi connectivity index (χ0) is 13.5. The number of nitrogens with one attached hydrogen (secondary N) is 1. The third-order valence-electron chi connectivity index (χ3n) is 2.82. The number of aliphatic carboxylic acids is 1. The molecule has 0 saturated heterocycles. The van der Waals surface area contributed by atoms with E-state index in [1.807, 2.05) is 37.3 Å². The van der Waals surface area contributed by atoms with Crippen LogP contribution >= 0.6 is 0 Å². The van der Waals surface area contributed by atoms with Crippen LogP contribution in [0, 0.1) is 0 Å². The lowest BCUT2D eigenvalue weighted by atomic mass is 9.93. The number of carboxylic acid groups (broad SMARTS) is 1. The molecule has 0 aromatic heterocycles. The third-order valence-corrected chi connectivity index (χ3v) is 2.82. The van der Waals surface area contributed by atoms with Gasteiger partial charge in [0.25, 0.3) is 0 Å². The van der Waals surface area contributed by atoms with Crippen LogP contribution in [0.3, 0.4) is 0 Å². The van der Waals surface area contributed by atoms with E-state index < -0.39 is 12.0 Å². The molecule has 0 saturated carbocycles. The van der Waals surface area contributed by atoms with Gasteiger partial charge < -0.3 is 10.4 Å². The molecule has 1 rings (SSSR count). The molecular weight excluding hydrogens is 230 g/mol. The van der Waals surface area contributed by atoms with E-state index in [2.05, 4.69) is 5.32 Å². The lowest BCUT2D eigenvalue weighted by Crippen LogP contribution is -2.41. The monoisotopic (exact) mass is 249 g/mol. The van der Waals surface area contributed by atoms with Crippen LogP contribution in [-0.4, -0.2) is 23.0 Å². The first kappa shape index (κ1) is 14.2. The molecule has 98 valence electrons. The Morgan fingerprint density at radius 2 is 1.89 bits per heavy atom. The highest BCUT2D eigenvalue weighted by atomic mass is 16.4. The Bertz CT molecular complexity index is 403. The van der Waals surface area contributed by atoms with Crippen LogP contribution in [0.2, 0.25) is 0 Å². The van der Waals surface area contributed by atoms with Crippen molar-refractivity contribution >= 4 is 11.9 Å². The lowest BCUT2D eigenvalue weighted by molar-refractivity contribution is -0.141. The van der Waals surface area contributed by atoms with Gasteiger partial charge in [-0.25, -0.2) is 0 Å². The van der Waals surface area contributed by atoms with E-state index >= 15 is 0 Å². The highest BCUT2D eigenvalue weighted by Gasteiger charge is 2.22. The molecule has 0 aliphatic heterocycles. The molecule has 18 heavy (non-hydrogen) atoms. The Morgan fingerprint density at radius 1 is 1.28 bits per heavy atom. The normalized spacial score (nSPS) is 13.7. The molecule has 0 aliphatic carbocycles. The van der Waals surface area contributed by atoms with Gasteiger partial charge in [0.2, 0.25) is 5.91 Å². The number of carbonyl (C=O) groups is 2. The van der Waals surface area contributed by atoms with Crippen molar-refractivity contribution in [1.29, 1.82) is 0 Å². The van der Waals surface area contributed by atoms with E-state index in [0.717, 1.165) is 12.0 Å². The molecule has 2 atom stereocenters. The lowest BCUT2D eigenvalue weighted by Gasteiger charge is -2.18. The molecule has 2 unspecified atom stereocenters. The van der Waals surface area contributed by atoms with Gasteiger partial charge in [-0.3, -0.25) is 9.59 Å². The highest BCUT2D eigenvalue weighted by Crippen LogP contribution is 2.21. The Morgan fingerprint density at radius 3 is 2.39 bits per heavy atom. The van der Waals surface area contributed by atoms with Crippen molar-refractivity contribution in [3.05, 3.63) is 35.9 Å². The first-order chi connectivity index (χ1) is 8.56. The van der Waals surface area contributed by atoms with E-state index in [4.69, 9.17) is 5.11 Å². The minimum absolute atomic E-state index is 0.224. The molecule has 0 fully saturated rings. The van der Waals surface area contributed by atoms with Crippen LogP contribution in [0.15, 0.2) is 30.3 Å². The van der Waals surface area contributed by atoms with Gasteiger partial charge in [-0.1, -0.05) is 43.7 Å². The van der Waals surface area contributed by atoms with E-state index in [1.165, 1.54) is 6.92 Å². The zero-order valence-electron chi connectivity index (χ0n) is 10.7. The molecule has 0 heterocycles. The smallest absolute Gasteiger partial charge is 0.325 e. The molecule has 0 aliphatic rings. The van der Waals surface area contributed by atoms with Crippen molar-refractivity contribution in [2.75, 3.05) is 0 Å². The number of rotatable bonds is 6. The molecule has 0 spiro atoms. The molecule has 0 bridgehead atoms. The van der Waals surface area contributed by atoms with Crippen molar-refractivity contribution in [3.63, 3.8) is 0 Å². The van der Waals surface area contributed by atoms with Gasteiger partial charge in [0, 0.05) is 0 Å². The standard InChI is InChI=1S/C14H19NO3/c1-3-7-12(11-8-5-4-6-9-11)13(16)15-10(2)14(17)18/h4-6,8-10,12H,3,7H2,1-2H3,(H,15,16)(H,17,18). The predicted molar refractivity (Wildman–Crippen MR) is 69.3 cm³/mol. The average molecular weight is 249 g/mol. The number of benzene rings is 1. The largest absolute Gasteiger partial charge is 0.480 e. The van der Waals surface area contributed by atoms with E-state index in [9.17, 15) is 9.59 Å². The summed E-state index contributed by atoms with van der Waals surface area (Å²) in [6.45, 7) is 3.47. The van der Waals surface area contributed by atoms with Gasteiger partial charge in [-0.05, 0) is 18.9 Å².